The highest BCUT2D eigenvalue weighted by molar-refractivity contribution is 8.18. The summed E-state index contributed by atoms with van der Waals surface area (Å²) in [7, 11) is 0. The molecule has 1 N–H and O–H groups in total. The smallest absolute Gasteiger partial charge is 0.418 e. The van der Waals surface area contributed by atoms with E-state index < -0.39 is 17.6 Å². The number of carbonyl (C=O) groups is 1. The second kappa shape index (κ2) is 9.95. The Morgan fingerprint density at radius 3 is 2.44 bits per heavy atom. The highest BCUT2D eigenvalue weighted by atomic mass is 35.5. The number of amidine groups is 1. The molecule has 0 spiro atoms. The lowest BCUT2D eigenvalue weighted by Gasteiger charge is -2.10. The minimum absolute atomic E-state index is 0.0498. The number of carbonyl (C=O) groups excluding carboxylic acids is 1. The van der Waals surface area contributed by atoms with Crippen molar-refractivity contribution in [2.24, 2.45) is 4.99 Å². The topological polar surface area (TPSA) is 50.7 Å². The maximum Gasteiger partial charge on any atom is 0.418 e. The Bertz CT molecular complexity index is 1270. The summed E-state index contributed by atoms with van der Waals surface area (Å²) in [6, 6.07) is 18.5. The summed E-state index contributed by atoms with van der Waals surface area (Å²) in [6.07, 6.45) is -2.99. The van der Waals surface area contributed by atoms with Gasteiger partial charge in [0.2, 0.25) is 0 Å². The van der Waals surface area contributed by atoms with Gasteiger partial charge in [-0.2, -0.15) is 13.2 Å². The predicted molar refractivity (Wildman–Crippen MR) is 129 cm³/mol. The van der Waals surface area contributed by atoms with Gasteiger partial charge in [-0.05, 0) is 66.2 Å². The number of nitrogens with zero attached hydrogens (tertiary/aromatic N) is 1. The number of halogens is 4. The second-order valence-electron chi connectivity index (χ2n) is 7.48. The Hall–Kier alpha value is -3.23. The van der Waals surface area contributed by atoms with Crippen LogP contribution in [0.25, 0.3) is 6.08 Å². The molecule has 1 amide bonds. The number of thioether (sulfide) groups is 1. The second-order valence-corrected chi connectivity index (χ2v) is 8.95. The van der Waals surface area contributed by atoms with E-state index in [0.717, 1.165) is 29.0 Å². The quantitative estimate of drug-likeness (QED) is 0.377. The molecule has 0 unspecified atom stereocenters. The van der Waals surface area contributed by atoms with E-state index in [1.807, 2.05) is 31.2 Å². The number of amides is 1. The number of nitrogens with one attached hydrogen (secondary N) is 1. The lowest BCUT2D eigenvalue weighted by Crippen LogP contribution is -2.19. The van der Waals surface area contributed by atoms with Crippen molar-refractivity contribution in [1.29, 1.82) is 0 Å². The lowest BCUT2D eigenvalue weighted by atomic mass is 10.1. The number of alkyl halides is 3. The van der Waals surface area contributed by atoms with Gasteiger partial charge < -0.3 is 10.1 Å². The number of aryl methyl sites for hydroxylation is 1. The summed E-state index contributed by atoms with van der Waals surface area (Å²) in [5, 5.41) is 2.51. The first-order valence-electron chi connectivity index (χ1n) is 10.1. The maximum atomic E-state index is 13.3. The molecule has 1 fully saturated rings. The Morgan fingerprint density at radius 1 is 1.06 bits per heavy atom. The highest BCUT2D eigenvalue weighted by Gasteiger charge is 2.34. The number of rotatable bonds is 5. The van der Waals surface area contributed by atoms with Crippen molar-refractivity contribution in [2.45, 2.75) is 19.7 Å². The van der Waals surface area contributed by atoms with E-state index in [1.54, 1.807) is 30.3 Å². The number of benzene rings is 3. The van der Waals surface area contributed by atoms with Gasteiger partial charge >= 0.3 is 6.18 Å². The Balaban J connectivity index is 1.45. The van der Waals surface area contributed by atoms with Crippen LogP contribution in [-0.4, -0.2) is 11.1 Å². The average Bonchev–Trinajstić information content (AvgIpc) is 3.13. The molecule has 3 aromatic carbocycles. The van der Waals surface area contributed by atoms with Gasteiger partial charge in [0.25, 0.3) is 5.91 Å². The lowest BCUT2D eigenvalue weighted by molar-refractivity contribution is -0.137. The van der Waals surface area contributed by atoms with Crippen LogP contribution in [0.3, 0.4) is 0 Å². The molecule has 0 atom stereocenters. The Kier molecular flexibility index (Phi) is 7.00. The Morgan fingerprint density at radius 2 is 1.76 bits per heavy atom. The largest absolute Gasteiger partial charge is 0.489 e. The van der Waals surface area contributed by atoms with E-state index in [0.29, 0.717) is 17.3 Å². The molecule has 0 aliphatic carbocycles. The molecule has 0 aromatic heterocycles. The van der Waals surface area contributed by atoms with Crippen molar-refractivity contribution in [3.63, 3.8) is 0 Å². The van der Waals surface area contributed by atoms with Crippen molar-refractivity contribution >= 4 is 46.2 Å². The van der Waals surface area contributed by atoms with Gasteiger partial charge in [-0.3, -0.25) is 4.79 Å². The zero-order chi connectivity index (χ0) is 24.3. The molecule has 1 aliphatic rings. The van der Waals surface area contributed by atoms with Crippen LogP contribution in [-0.2, 0) is 17.6 Å². The summed E-state index contributed by atoms with van der Waals surface area (Å²) in [4.78, 5) is 16.6. The first kappa shape index (κ1) is 23.9. The number of hydrogen-bond acceptors (Lipinski definition) is 4. The van der Waals surface area contributed by atoms with Crippen LogP contribution in [0.15, 0.2) is 76.6 Å². The van der Waals surface area contributed by atoms with E-state index in [1.165, 1.54) is 17.7 Å². The van der Waals surface area contributed by atoms with Gasteiger partial charge in [0.1, 0.15) is 12.4 Å². The maximum absolute atomic E-state index is 13.3. The normalized spacial score (nSPS) is 16.2. The van der Waals surface area contributed by atoms with Gasteiger partial charge in [-0.15, -0.1) is 0 Å². The zero-order valence-electron chi connectivity index (χ0n) is 17.8. The highest BCUT2D eigenvalue weighted by Crippen LogP contribution is 2.39. The first-order chi connectivity index (χ1) is 16.2. The van der Waals surface area contributed by atoms with Gasteiger partial charge in [-0.25, -0.2) is 4.99 Å². The fourth-order valence-electron chi connectivity index (χ4n) is 3.09. The van der Waals surface area contributed by atoms with Gasteiger partial charge in [0.05, 0.1) is 16.2 Å². The molecule has 1 heterocycles. The first-order valence-corrected chi connectivity index (χ1v) is 11.3. The Labute approximate surface area is 203 Å². The summed E-state index contributed by atoms with van der Waals surface area (Å²) >= 11 is 6.67. The molecule has 4 nitrogen and oxygen atoms in total. The molecule has 0 saturated carbocycles. The molecule has 0 bridgehead atoms. The number of hydrogen-bond donors (Lipinski definition) is 1. The van der Waals surface area contributed by atoms with Crippen LogP contribution >= 0.6 is 23.4 Å². The monoisotopic (exact) mass is 502 g/mol. The minimum Gasteiger partial charge on any atom is -0.489 e. The molecule has 0 radical (unpaired) electrons. The van der Waals surface area contributed by atoms with E-state index in [2.05, 4.69) is 10.3 Å². The SMILES string of the molecule is Cc1ccc(COc2ccc(C=C3SC(=Nc4ccc(Cl)cc4C(F)(F)F)NC3=O)cc2)cc1. The van der Waals surface area contributed by atoms with Gasteiger partial charge in [0, 0.05) is 5.02 Å². The van der Waals surface area contributed by atoms with Gasteiger partial charge in [0.15, 0.2) is 5.17 Å². The van der Waals surface area contributed by atoms with Crippen LogP contribution in [0.5, 0.6) is 5.75 Å². The van der Waals surface area contributed by atoms with Crippen molar-refractivity contribution in [3.8, 4) is 5.75 Å². The number of ether oxygens (including phenoxy) is 1. The molecule has 1 saturated heterocycles. The average molecular weight is 503 g/mol. The van der Waals surface area contributed by atoms with Crippen molar-refractivity contribution in [2.75, 3.05) is 0 Å². The van der Waals surface area contributed by atoms with Crippen LogP contribution in [0.1, 0.15) is 22.3 Å². The summed E-state index contributed by atoms with van der Waals surface area (Å²) in [5.41, 5.74) is 1.68. The predicted octanol–water partition coefficient (Wildman–Crippen LogP) is 7.14. The molecular weight excluding hydrogens is 485 g/mol. The van der Waals surface area contributed by atoms with Gasteiger partial charge in [-0.1, -0.05) is 53.6 Å². The van der Waals surface area contributed by atoms with Crippen LogP contribution in [0, 0.1) is 6.92 Å². The van der Waals surface area contributed by atoms with E-state index in [4.69, 9.17) is 16.3 Å². The summed E-state index contributed by atoms with van der Waals surface area (Å²) in [6.45, 7) is 2.45. The number of aliphatic imine (C=N–C) groups is 1. The molecule has 3 aromatic rings. The molecule has 174 valence electrons. The standard InChI is InChI=1S/C25H18ClF3N2O2S/c1-15-2-4-17(5-3-15)14-33-19-9-6-16(7-10-19)12-22-23(32)31-24(34-22)30-21-11-8-18(26)13-20(21)25(27,28)29/h2-13H,14H2,1H3,(H,30,31,32). The molecule has 1 aliphatic heterocycles. The van der Waals surface area contributed by atoms with Crippen LogP contribution < -0.4 is 10.1 Å². The van der Waals surface area contributed by atoms with E-state index in [9.17, 15) is 18.0 Å². The minimum atomic E-state index is -4.63. The fourth-order valence-corrected chi connectivity index (χ4v) is 4.09. The third-order valence-corrected chi connectivity index (χ3v) is 5.99. The third kappa shape index (κ3) is 6.01. The summed E-state index contributed by atoms with van der Waals surface area (Å²) < 4.78 is 45.7. The fraction of sp³-hybridized carbons (Fsp3) is 0.120. The van der Waals surface area contributed by atoms with Crippen molar-refractivity contribution in [3.05, 3.63) is 98.9 Å². The molecular formula is C25H18ClF3N2O2S. The van der Waals surface area contributed by atoms with Crippen molar-refractivity contribution < 1.29 is 22.7 Å². The molecule has 34 heavy (non-hydrogen) atoms. The van der Waals surface area contributed by atoms with Crippen LogP contribution in [0.4, 0.5) is 18.9 Å². The molecule has 9 heteroatoms. The van der Waals surface area contributed by atoms with Crippen LogP contribution in [0.2, 0.25) is 5.02 Å². The zero-order valence-corrected chi connectivity index (χ0v) is 19.4. The van der Waals surface area contributed by atoms with Crippen molar-refractivity contribution in [1.82, 2.24) is 5.32 Å². The van der Waals surface area contributed by atoms with E-state index >= 15 is 0 Å². The third-order valence-electron chi connectivity index (χ3n) is 4.84. The molecule has 4 rings (SSSR count). The van der Waals surface area contributed by atoms with E-state index in [-0.39, 0.29) is 15.9 Å². The summed E-state index contributed by atoms with van der Waals surface area (Å²) in [5.74, 6) is 0.238.